The molecule has 0 saturated carbocycles. The van der Waals surface area contributed by atoms with Gasteiger partial charge in [-0.2, -0.15) is 0 Å². The van der Waals surface area contributed by atoms with Gasteiger partial charge in [-0.15, -0.1) is 22.7 Å². The summed E-state index contributed by atoms with van der Waals surface area (Å²) in [5.74, 6) is -0.200. The van der Waals surface area contributed by atoms with Gasteiger partial charge in [-0.1, -0.05) is 50.2 Å². The lowest BCUT2D eigenvalue weighted by atomic mass is 10.1. The number of carbonyl (C=O) groups excluding carboxylic acids is 1. The third-order valence-corrected chi connectivity index (χ3v) is 7.38. The van der Waals surface area contributed by atoms with Crippen LogP contribution >= 0.6 is 22.7 Å². The summed E-state index contributed by atoms with van der Waals surface area (Å²) in [6, 6.07) is 14.2. The molecule has 6 nitrogen and oxygen atoms in total. The number of fused-ring (bicyclic) bond motifs is 1. The molecule has 166 valence electrons. The summed E-state index contributed by atoms with van der Waals surface area (Å²) < 4.78 is 1.40. The molecule has 0 aliphatic rings. The Morgan fingerprint density at radius 2 is 1.91 bits per heavy atom. The van der Waals surface area contributed by atoms with Crippen molar-refractivity contribution >= 4 is 38.8 Å². The fourth-order valence-electron chi connectivity index (χ4n) is 3.91. The van der Waals surface area contributed by atoms with Gasteiger partial charge in [0.05, 0.1) is 17.8 Å². The first-order valence-corrected chi connectivity index (χ1v) is 12.4. The molecule has 0 aliphatic heterocycles. The number of carbonyl (C=O) groups is 1. The minimum atomic E-state index is -0.200. The first-order chi connectivity index (χ1) is 15.6. The lowest BCUT2D eigenvalue weighted by Crippen LogP contribution is -2.40. The Labute approximate surface area is 195 Å². The zero-order chi connectivity index (χ0) is 22.5. The molecule has 0 unspecified atom stereocenters. The molecule has 1 atom stereocenters. The highest BCUT2D eigenvalue weighted by Crippen LogP contribution is 2.33. The first kappa shape index (κ1) is 22.4. The van der Waals surface area contributed by atoms with Gasteiger partial charge in [0.2, 0.25) is 5.91 Å². The van der Waals surface area contributed by atoms with Crippen molar-refractivity contribution in [2.45, 2.75) is 26.4 Å². The zero-order valence-electron chi connectivity index (χ0n) is 18.2. The van der Waals surface area contributed by atoms with Crippen molar-refractivity contribution < 1.29 is 4.79 Å². The highest BCUT2D eigenvalue weighted by molar-refractivity contribution is 7.18. The SMILES string of the molecule is CCN(CC)[C@H](CNC(=O)Cn1cnc2scc(-c3cccs3)c2c1=O)c1ccccc1. The molecule has 1 amide bonds. The molecule has 4 rings (SSSR count). The molecule has 3 heterocycles. The Bertz CT molecular complexity index is 1230. The molecule has 3 aromatic heterocycles. The molecular formula is C24H26N4O2S2. The average molecular weight is 467 g/mol. The van der Waals surface area contributed by atoms with Crippen molar-refractivity contribution in [3.63, 3.8) is 0 Å². The quantitative estimate of drug-likeness (QED) is 0.397. The van der Waals surface area contributed by atoms with Gasteiger partial charge in [-0.05, 0) is 30.1 Å². The highest BCUT2D eigenvalue weighted by atomic mass is 32.1. The molecule has 4 aromatic rings. The second-order valence-corrected chi connectivity index (χ2v) is 9.24. The Morgan fingerprint density at radius 3 is 2.59 bits per heavy atom. The van der Waals surface area contributed by atoms with E-state index in [1.807, 2.05) is 41.1 Å². The molecule has 0 spiro atoms. The molecule has 0 radical (unpaired) electrons. The van der Waals surface area contributed by atoms with Gasteiger partial charge in [0, 0.05) is 22.4 Å². The number of benzene rings is 1. The summed E-state index contributed by atoms with van der Waals surface area (Å²) in [5.41, 5.74) is 1.87. The van der Waals surface area contributed by atoms with Gasteiger partial charge in [0.15, 0.2) is 0 Å². The number of thiophene rings is 2. The summed E-state index contributed by atoms with van der Waals surface area (Å²) in [4.78, 5) is 34.4. The van der Waals surface area contributed by atoms with E-state index >= 15 is 0 Å². The van der Waals surface area contributed by atoms with E-state index in [-0.39, 0.29) is 24.1 Å². The van der Waals surface area contributed by atoms with Crippen LogP contribution in [0, 0.1) is 0 Å². The molecule has 1 N–H and O–H groups in total. The Kier molecular flexibility index (Phi) is 7.14. The van der Waals surface area contributed by atoms with E-state index < -0.39 is 0 Å². The predicted molar refractivity (Wildman–Crippen MR) is 132 cm³/mol. The molecule has 1 aromatic carbocycles. The first-order valence-electron chi connectivity index (χ1n) is 10.7. The van der Waals surface area contributed by atoms with Gasteiger partial charge in [-0.25, -0.2) is 4.98 Å². The highest BCUT2D eigenvalue weighted by Gasteiger charge is 2.19. The monoisotopic (exact) mass is 466 g/mol. The maximum absolute atomic E-state index is 13.1. The third kappa shape index (κ3) is 4.67. The number of hydrogen-bond acceptors (Lipinski definition) is 6. The molecule has 32 heavy (non-hydrogen) atoms. The van der Waals surface area contributed by atoms with Gasteiger partial charge in [0.25, 0.3) is 5.56 Å². The lowest BCUT2D eigenvalue weighted by Gasteiger charge is -2.30. The summed E-state index contributed by atoms with van der Waals surface area (Å²) >= 11 is 3.04. The van der Waals surface area contributed by atoms with Crippen LogP contribution in [0.3, 0.4) is 0 Å². The van der Waals surface area contributed by atoms with Crippen molar-refractivity contribution in [1.82, 2.24) is 19.8 Å². The van der Waals surface area contributed by atoms with Crippen LogP contribution in [0.15, 0.2) is 64.3 Å². The largest absolute Gasteiger partial charge is 0.353 e. The van der Waals surface area contributed by atoms with Crippen LogP contribution in [0.1, 0.15) is 25.5 Å². The predicted octanol–water partition coefficient (Wildman–Crippen LogP) is 4.39. The number of nitrogens with zero attached hydrogens (tertiary/aromatic N) is 3. The van der Waals surface area contributed by atoms with Crippen molar-refractivity contribution in [2.24, 2.45) is 0 Å². The van der Waals surface area contributed by atoms with Crippen LogP contribution in [0.4, 0.5) is 0 Å². The summed E-state index contributed by atoms with van der Waals surface area (Å²) in [5, 5.41) is 7.56. The van der Waals surface area contributed by atoms with Crippen LogP contribution in [0.2, 0.25) is 0 Å². The van der Waals surface area contributed by atoms with E-state index in [0.29, 0.717) is 16.8 Å². The van der Waals surface area contributed by atoms with E-state index in [2.05, 4.69) is 41.2 Å². The van der Waals surface area contributed by atoms with Crippen molar-refractivity contribution in [3.8, 4) is 10.4 Å². The lowest BCUT2D eigenvalue weighted by molar-refractivity contribution is -0.122. The Morgan fingerprint density at radius 1 is 1.12 bits per heavy atom. The maximum atomic E-state index is 13.1. The second kappa shape index (κ2) is 10.2. The van der Waals surface area contributed by atoms with E-state index in [4.69, 9.17) is 0 Å². The topological polar surface area (TPSA) is 67.2 Å². The van der Waals surface area contributed by atoms with Crippen molar-refractivity contribution in [3.05, 3.63) is 75.5 Å². The van der Waals surface area contributed by atoms with E-state index in [1.54, 1.807) is 11.3 Å². The number of hydrogen-bond donors (Lipinski definition) is 1. The van der Waals surface area contributed by atoms with Gasteiger partial charge in [0.1, 0.15) is 11.4 Å². The number of aromatic nitrogens is 2. The van der Waals surface area contributed by atoms with E-state index in [0.717, 1.165) is 29.1 Å². The number of nitrogens with one attached hydrogen (secondary N) is 1. The minimum Gasteiger partial charge on any atom is -0.353 e. The zero-order valence-corrected chi connectivity index (χ0v) is 19.8. The van der Waals surface area contributed by atoms with Crippen LogP contribution in [0.5, 0.6) is 0 Å². The fraction of sp³-hybridized carbons (Fsp3) is 0.292. The third-order valence-electron chi connectivity index (χ3n) is 5.59. The Hall–Kier alpha value is -2.81. The average Bonchev–Trinajstić information content (AvgIpc) is 3.49. The van der Waals surface area contributed by atoms with Crippen molar-refractivity contribution in [1.29, 1.82) is 0 Å². The molecule has 0 fully saturated rings. The molecule has 0 aliphatic carbocycles. The Balaban J connectivity index is 1.52. The number of likely N-dealkylation sites (N-methyl/N-ethyl adjacent to an activating group) is 1. The normalized spacial score (nSPS) is 12.3. The molecule has 8 heteroatoms. The van der Waals surface area contributed by atoms with Gasteiger partial charge >= 0.3 is 0 Å². The molecule has 0 bridgehead atoms. The minimum absolute atomic E-state index is 0.0543. The van der Waals surface area contributed by atoms with E-state index in [9.17, 15) is 9.59 Å². The van der Waals surface area contributed by atoms with Gasteiger partial charge in [-0.3, -0.25) is 19.1 Å². The van der Waals surface area contributed by atoms with E-state index in [1.165, 1.54) is 22.2 Å². The fourth-order valence-corrected chi connectivity index (χ4v) is 5.63. The summed E-state index contributed by atoms with van der Waals surface area (Å²) in [7, 11) is 0. The van der Waals surface area contributed by atoms with Crippen LogP contribution in [-0.4, -0.2) is 40.0 Å². The molecular weight excluding hydrogens is 440 g/mol. The van der Waals surface area contributed by atoms with Crippen LogP contribution < -0.4 is 10.9 Å². The second-order valence-electron chi connectivity index (χ2n) is 7.44. The maximum Gasteiger partial charge on any atom is 0.263 e. The van der Waals surface area contributed by atoms with Crippen LogP contribution in [0.25, 0.3) is 20.7 Å². The van der Waals surface area contributed by atoms with Crippen LogP contribution in [-0.2, 0) is 11.3 Å². The summed E-state index contributed by atoms with van der Waals surface area (Å²) in [6.45, 7) is 6.43. The smallest absolute Gasteiger partial charge is 0.263 e. The van der Waals surface area contributed by atoms with Crippen molar-refractivity contribution in [2.75, 3.05) is 19.6 Å². The number of amides is 1. The van der Waals surface area contributed by atoms with Gasteiger partial charge < -0.3 is 5.32 Å². The summed E-state index contributed by atoms with van der Waals surface area (Å²) in [6.07, 6.45) is 1.47. The molecule has 0 saturated heterocycles. The number of rotatable bonds is 9. The standard InChI is InChI=1S/C24H26N4O2S2/c1-3-27(4-2)19(17-9-6-5-7-10-17)13-25-21(29)14-28-16-26-23-22(24(28)30)18(15-32-23)20-11-8-12-31-20/h5-12,15-16,19H,3-4,13-14H2,1-2H3,(H,25,29)/t19-/m1/s1.